The SMILES string of the molecule is Cn1c(=O)[nH]cc(C(=O)N2CC(N3CCN(c4ccc(F)cc4)CC3)C2)c1=O. The van der Waals surface area contributed by atoms with Gasteiger partial charge in [0.1, 0.15) is 11.4 Å². The molecule has 2 fully saturated rings. The summed E-state index contributed by atoms with van der Waals surface area (Å²) >= 11 is 0. The number of hydrogen-bond donors (Lipinski definition) is 1. The number of hydrogen-bond acceptors (Lipinski definition) is 5. The van der Waals surface area contributed by atoms with Crippen LogP contribution in [-0.2, 0) is 7.05 Å². The largest absolute Gasteiger partial charge is 0.369 e. The van der Waals surface area contributed by atoms with Crippen molar-refractivity contribution in [2.24, 2.45) is 7.05 Å². The predicted octanol–water partition coefficient (Wildman–Crippen LogP) is -0.141. The quantitative estimate of drug-likeness (QED) is 0.793. The molecule has 2 aliphatic heterocycles. The van der Waals surface area contributed by atoms with Gasteiger partial charge in [-0.3, -0.25) is 19.1 Å². The van der Waals surface area contributed by atoms with Crippen molar-refractivity contribution >= 4 is 11.6 Å². The molecule has 0 bridgehead atoms. The van der Waals surface area contributed by atoms with E-state index in [1.807, 2.05) is 0 Å². The molecule has 1 amide bonds. The predicted molar refractivity (Wildman–Crippen MR) is 102 cm³/mol. The maximum atomic E-state index is 13.1. The molecule has 0 unspecified atom stereocenters. The highest BCUT2D eigenvalue weighted by Gasteiger charge is 2.37. The Kier molecular flexibility index (Phi) is 4.76. The Hall–Kier alpha value is -2.94. The fourth-order valence-corrected chi connectivity index (χ4v) is 3.74. The van der Waals surface area contributed by atoms with E-state index < -0.39 is 11.2 Å². The van der Waals surface area contributed by atoms with Crippen LogP contribution in [0, 0.1) is 5.82 Å². The average molecular weight is 387 g/mol. The Morgan fingerprint density at radius 2 is 1.71 bits per heavy atom. The van der Waals surface area contributed by atoms with E-state index in [2.05, 4.69) is 14.8 Å². The number of H-pyrrole nitrogens is 1. The first-order valence-corrected chi connectivity index (χ1v) is 9.26. The topological polar surface area (TPSA) is 81.7 Å². The first kappa shape index (κ1) is 18.4. The van der Waals surface area contributed by atoms with Gasteiger partial charge in [-0.2, -0.15) is 0 Å². The summed E-state index contributed by atoms with van der Waals surface area (Å²) in [6.07, 6.45) is 1.20. The lowest BCUT2D eigenvalue weighted by Gasteiger charge is -2.48. The smallest absolute Gasteiger partial charge is 0.328 e. The summed E-state index contributed by atoms with van der Waals surface area (Å²) < 4.78 is 14.0. The van der Waals surface area contributed by atoms with Gasteiger partial charge in [0.25, 0.3) is 11.5 Å². The Morgan fingerprint density at radius 1 is 1.07 bits per heavy atom. The van der Waals surface area contributed by atoms with E-state index in [9.17, 15) is 18.8 Å². The molecule has 9 heteroatoms. The number of carbonyl (C=O) groups is 1. The van der Waals surface area contributed by atoms with Gasteiger partial charge in [-0.1, -0.05) is 0 Å². The number of piperazine rings is 1. The second-order valence-electron chi connectivity index (χ2n) is 7.24. The summed E-state index contributed by atoms with van der Waals surface area (Å²) in [7, 11) is 1.34. The maximum absolute atomic E-state index is 13.1. The normalized spacial score (nSPS) is 18.2. The van der Waals surface area contributed by atoms with Gasteiger partial charge in [0.05, 0.1) is 0 Å². The highest BCUT2D eigenvalue weighted by Crippen LogP contribution is 2.21. The van der Waals surface area contributed by atoms with Crippen molar-refractivity contribution in [1.82, 2.24) is 19.4 Å². The third-order valence-electron chi connectivity index (χ3n) is 5.58. The molecular formula is C19H22FN5O3. The number of anilines is 1. The van der Waals surface area contributed by atoms with Crippen LogP contribution in [0.4, 0.5) is 10.1 Å². The number of rotatable bonds is 3. The van der Waals surface area contributed by atoms with Crippen LogP contribution in [0.5, 0.6) is 0 Å². The van der Waals surface area contributed by atoms with Gasteiger partial charge >= 0.3 is 5.69 Å². The Labute approximate surface area is 160 Å². The van der Waals surface area contributed by atoms with Gasteiger partial charge < -0.3 is 14.8 Å². The molecule has 2 saturated heterocycles. The average Bonchev–Trinajstić information content (AvgIpc) is 2.66. The van der Waals surface area contributed by atoms with E-state index in [0.29, 0.717) is 13.1 Å². The molecule has 8 nitrogen and oxygen atoms in total. The zero-order chi connectivity index (χ0) is 19.8. The zero-order valence-electron chi connectivity index (χ0n) is 15.6. The molecule has 3 heterocycles. The summed E-state index contributed by atoms with van der Waals surface area (Å²) in [5.74, 6) is -0.586. The van der Waals surface area contributed by atoms with E-state index in [0.717, 1.165) is 36.4 Å². The van der Waals surface area contributed by atoms with E-state index in [-0.39, 0.29) is 23.3 Å². The van der Waals surface area contributed by atoms with E-state index in [4.69, 9.17) is 0 Å². The van der Waals surface area contributed by atoms with Crippen molar-refractivity contribution in [3.63, 3.8) is 0 Å². The van der Waals surface area contributed by atoms with Gasteiger partial charge in [0.2, 0.25) is 0 Å². The standard InChI is InChI=1S/C19H22FN5O3/c1-22-17(26)16(10-21-19(22)28)18(27)25-11-15(12-25)24-8-6-23(7-9-24)14-4-2-13(20)3-5-14/h2-5,10,15H,6-9,11-12H2,1H3,(H,21,28). The highest BCUT2D eigenvalue weighted by molar-refractivity contribution is 5.94. The summed E-state index contributed by atoms with van der Waals surface area (Å²) in [6.45, 7) is 4.55. The summed E-state index contributed by atoms with van der Waals surface area (Å²) in [5.41, 5.74) is -0.116. The number of nitrogens with zero attached hydrogens (tertiary/aromatic N) is 4. The van der Waals surface area contributed by atoms with Gasteiger partial charge in [-0.15, -0.1) is 0 Å². The van der Waals surface area contributed by atoms with Crippen LogP contribution in [0.1, 0.15) is 10.4 Å². The third kappa shape index (κ3) is 3.33. The molecule has 0 radical (unpaired) electrons. The van der Waals surface area contributed by atoms with Crippen LogP contribution in [0.15, 0.2) is 40.1 Å². The fraction of sp³-hybridized carbons (Fsp3) is 0.421. The van der Waals surface area contributed by atoms with Crippen molar-refractivity contribution < 1.29 is 9.18 Å². The minimum Gasteiger partial charge on any atom is -0.369 e. The lowest BCUT2D eigenvalue weighted by Crippen LogP contribution is -2.64. The Morgan fingerprint density at radius 3 is 2.36 bits per heavy atom. The first-order valence-electron chi connectivity index (χ1n) is 9.26. The Balaban J connectivity index is 1.32. The monoisotopic (exact) mass is 387 g/mol. The summed E-state index contributed by atoms with van der Waals surface area (Å²) in [4.78, 5) is 44.7. The summed E-state index contributed by atoms with van der Waals surface area (Å²) in [5, 5.41) is 0. The van der Waals surface area contributed by atoms with Gasteiger partial charge in [-0.05, 0) is 24.3 Å². The summed E-state index contributed by atoms with van der Waals surface area (Å²) in [6, 6.07) is 6.79. The lowest BCUT2D eigenvalue weighted by atomic mass is 10.0. The number of benzene rings is 1. The van der Waals surface area contributed by atoms with E-state index in [1.165, 1.54) is 25.4 Å². The van der Waals surface area contributed by atoms with Crippen molar-refractivity contribution in [3.05, 3.63) is 62.7 Å². The molecule has 0 atom stereocenters. The van der Waals surface area contributed by atoms with Gasteiger partial charge in [0.15, 0.2) is 0 Å². The number of halogens is 1. The molecule has 4 rings (SSSR count). The lowest BCUT2D eigenvalue weighted by molar-refractivity contribution is 0.0244. The number of carbonyl (C=O) groups excluding carboxylic acids is 1. The maximum Gasteiger partial charge on any atom is 0.328 e. The van der Waals surface area contributed by atoms with Crippen LogP contribution in [0.3, 0.4) is 0 Å². The van der Waals surface area contributed by atoms with E-state index in [1.54, 1.807) is 17.0 Å². The Bertz CT molecular complexity index is 986. The van der Waals surface area contributed by atoms with Gasteiger partial charge in [-0.25, -0.2) is 9.18 Å². The molecule has 0 spiro atoms. The number of nitrogens with one attached hydrogen (secondary N) is 1. The van der Waals surface area contributed by atoms with Crippen LogP contribution in [0.2, 0.25) is 0 Å². The number of likely N-dealkylation sites (tertiary alicyclic amines) is 1. The minimum atomic E-state index is -0.579. The van der Waals surface area contributed by atoms with Crippen molar-refractivity contribution in [2.45, 2.75) is 6.04 Å². The first-order chi connectivity index (χ1) is 13.4. The zero-order valence-corrected chi connectivity index (χ0v) is 15.6. The van der Waals surface area contributed by atoms with Crippen molar-refractivity contribution in [3.8, 4) is 0 Å². The van der Waals surface area contributed by atoms with Crippen molar-refractivity contribution in [1.29, 1.82) is 0 Å². The molecule has 28 heavy (non-hydrogen) atoms. The molecule has 1 aromatic carbocycles. The molecule has 1 N–H and O–H groups in total. The van der Waals surface area contributed by atoms with E-state index >= 15 is 0 Å². The number of amides is 1. The molecule has 1 aromatic heterocycles. The van der Waals surface area contributed by atoms with Crippen LogP contribution >= 0.6 is 0 Å². The fourth-order valence-electron chi connectivity index (χ4n) is 3.74. The molecule has 0 aliphatic carbocycles. The second kappa shape index (κ2) is 7.23. The van der Waals surface area contributed by atoms with Crippen LogP contribution in [0.25, 0.3) is 0 Å². The third-order valence-corrected chi connectivity index (χ3v) is 5.58. The molecule has 148 valence electrons. The van der Waals surface area contributed by atoms with Crippen molar-refractivity contribution in [2.75, 3.05) is 44.2 Å². The van der Waals surface area contributed by atoms with Crippen LogP contribution in [-0.4, -0.2) is 70.6 Å². The highest BCUT2D eigenvalue weighted by atomic mass is 19.1. The van der Waals surface area contributed by atoms with Crippen LogP contribution < -0.4 is 16.1 Å². The number of aromatic amines is 1. The molecule has 0 saturated carbocycles. The second-order valence-corrected chi connectivity index (χ2v) is 7.24. The molecule has 2 aliphatic rings. The number of aromatic nitrogens is 2. The molecular weight excluding hydrogens is 365 g/mol. The molecule has 2 aromatic rings. The minimum absolute atomic E-state index is 0.0123. The van der Waals surface area contributed by atoms with Gasteiger partial charge in [0, 0.05) is 64.2 Å².